The van der Waals surface area contributed by atoms with E-state index in [0.29, 0.717) is 17.9 Å². The van der Waals surface area contributed by atoms with E-state index in [0.717, 1.165) is 31.5 Å². The van der Waals surface area contributed by atoms with E-state index in [4.69, 9.17) is 4.52 Å². The van der Waals surface area contributed by atoms with Gasteiger partial charge in [-0.05, 0) is 43.5 Å². The van der Waals surface area contributed by atoms with E-state index in [1.807, 2.05) is 12.1 Å². The summed E-state index contributed by atoms with van der Waals surface area (Å²) >= 11 is 0. The summed E-state index contributed by atoms with van der Waals surface area (Å²) in [6.07, 6.45) is 3.46. The zero-order valence-electron chi connectivity index (χ0n) is 12.6. The Morgan fingerprint density at radius 2 is 2.05 bits per heavy atom. The molecule has 1 fully saturated rings. The second kappa shape index (κ2) is 6.27. The number of benzene rings is 1. The number of piperidine rings is 1. The molecule has 6 heteroatoms. The molecule has 2 N–H and O–H groups in total. The van der Waals surface area contributed by atoms with Gasteiger partial charge in [-0.25, -0.2) is 0 Å². The fraction of sp³-hybridized carbons (Fsp3) is 0.438. The van der Waals surface area contributed by atoms with E-state index in [1.165, 1.54) is 6.39 Å². The lowest BCUT2D eigenvalue weighted by Crippen LogP contribution is -2.42. The first-order valence-corrected chi connectivity index (χ1v) is 7.52. The first kappa shape index (κ1) is 14.7. The number of rotatable bonds is 4. The molecule has 116 valence electrons. The van der Waals surface area contributed by atoms with Gasteiger partial charge in [-0.15, -0.1) is 0 Å². The van der Waals surface area contributed by atoms with Crippen LogP contribution in [0, 0.1) is 5.41 Å². The first-order chi connectivity index (χ1) is 10.7. The second-order valence-electron chi connectivity index (χ2n) is 6.08. The molecule has 22 heavy (non-hydrogen) atoms. The van der Waals surface area contributed by atoms with Crippen LogP contribution in [0.2, 0.25) is 0 Å². The Morgan fingerprint density at radius 3 is 2.68 bits per heavy atom. The minimum Gasteiger partial charge on any atom is -0.351 e. The van der Waals surface area contributed by atoms with E-state index in [2.05, 4.69) is 27.7 Å². The second-order valence-corrected chi connectivity index (χ2v) is 6.08. The number of aromatic nitrogens is 2. The Morgan fingerprint density at radius 1 is 1.32 bits per heavy atom. The monoisotopic (exact) mass is 300 g/mol. The summed E-state index contributed by atoms with van der Waals surface area (Å²) in [5.74, 6) is 0.480. The summed E-state index contributed by atoms with van der Waals surface area (Å²) < 4.78 is 4.72. The van der Waals surface area contributed by atoms with Crippen molar-refractivity contribution in [2.75, 3.05) is 19.6 Å². The van der Waals surface area contributed by atoms with Crippen LogP contribution in [0.4, 0.5) is 0 Å². The Balaban J connectivity index is 1.60. The highest BCUT2D eigenvalue weighted by molar-refractivity contribution is 5.94. The van der Waals surface area contributed by atoms with Gasteiger partial charge in [-0.3, -0.25) is 4.79 Å². The number of hydrogen-bond donors (Lipinski definition) is 2. The van der Waals surface area contributed by atoms with Gasteiger partial charge in [0, 0.05) is 17.7 Å². The Kier molecular flexibility index (Phi) is 4.20. The predicted molar refractivity (Wildman–Crippen MR) is 82.3 cm³/mol. The number of nitrogens with zero attached hydrogens (tertiary/aromatic N) is 2. The molecule has 1 aliphatic rings. The maximum Gasteiger partial charge on any atom is 0.251 e. The van der Waals surface area contributed by atoms with Crippen LogP contribution in [0.5, 0.6) is 0 Å². The number of amides is 1. The van der Waals surface area contributed by atoms with Gasteiger partial charge in [0.25, 0.3) is 5.91 Å². The molecule has 3 rings (SSSR count). The number of hydrogen-bond acceptors (Lipinski definition) is 5. The van der Waals surface area contributed by atoms with Crippen molar-refractivity contribution in [1.82, 2.24) is 20.8 Å². The van der Waals surface area contributed by atoms with Crippen LogP contribution < -0.4 is 10.6 Å². The highest BCUT2D eigenvalue weighted by Gasteiger charge is 2.27. The van der Waals surface area contributed by atoms with Gasteiger partial charge >= 0.3 is 0 Å². The molecule has 0 bridgehead atoms. The minimum absolute atomic E-state index is 0.0422. The van der Waals surface area contributed by atoms with Gasteiger partial charge in [0.2, 0.25) is 12.2 Å². The lowest BCUT2D eigenvalue weighted by atomic mass is 9.81. The number of carbonyl (C=O) groups is 1. The summed E-state index contributed by atoms with van der Waals surface area (Å²) in [5, 5.41) is 10.2. The summed E-state index contributed by atoms with van der Waals surface area (Å²) in [6, 6.07) is 7.22. The van der Waals surface area contributed by atoms with Gasteiger partial charge in [-0.1, -0.05) is 24.2 Å². The highest BCUT2D eigenvalue weighted by atomic mass is 16.5. The largest absolute Gasteiger partial charge is 0.351 e. The van der Waals surface area contributed by atoms with Gasteiger partial charge in [0.1, 0.15) is 0 Å². The van der Waals surface area contributed by atoms with E-state index in [9.17, 15) is 4.79 Å². The first-order valence-electron chi connectivity index (χ1n) is 7.52. The SMILES string of the molecule is CC1(CNC(=O)c2ccc(-c3ncon3)cc2)CCNCC1. The van der Waals surface area contributed by atoms with Crippen LogP contribution >= 0.6 is 0 Å². The average molecular weight is 300 g/mol. The third-order valence-corrected chi connectivity index (χ3v) is 4.25. The van der Waals surface area contributed by atoms with Gasteiger partial charge in [0.15, 0.2) is 0 Å². The lowest BCUT2D eigenvalue weighted by Gasteiger charge is -2.34. The number of carbonyl (C=O) groups excluding carboxylic acids is 1. The van der Waals surface area contributed by atoms with E-state index in [-0.39, 0.29) is 11.3 Å². The molecule has 2 heterocycles. The van der Waals surface area contributed by atoms with E-state index in [1.54, 1.807) is 12.1 Å². The molecule has 0 spiro atoms. The van der Waals surface area contributed by atoms with Crippen LogP contribution in [-0.2, 0) is 0 Å². The zero-order valence-corrected chi connectivity index (χ0v) is 12.6. The topological polar surface area (TPSA) is 80.1 Å². The van der Waals surface area contributed by atoms with Crippen LogP contribution in [0.1, 0.15) is 30.1 Å². The normalized spacial score (nSPS) is 17.1. The molecule has 1 aromatic heterocycles. The molecule has 0 atom stereocenters. The molecule has 1 aliphatic heterocycles. The maximum absolute atomic E-state index is 12.3. The molecular formula is C16H20N4O2. The molecule has 0 radical (unpaired) electrons. The van der Waals surface area contributed by atoms with Crippen molar-refractivity contribution >= 4 is 5.91 Å². The third-order valence-electron chi connectivity index (χ3n) is 4.25. The van der Waals surface area contributed by atoms with Crippen LogP contribution in [0.3, 0.4) is 0 Å². The molecule has 1 amide bonds. The van der Waals surface area contributed by atoms with Gasteiger partial charge in [-0.2, -0.15) is 4.98 Å². The molecular weight excluding hydrogens is 280 g/mol. The van der Waals surface area contributed by atoms with Crippen LogP contribution in [-0.4, -0.2) is 35.7 Å². The average Bonchev–Trinajstić information content (AvgIpc) is 3.08. The zero-order chi connectivity index (χ0) is 15.4. The van der Waals surface area contributed by atoms with Crippen molar-refractivity contribution < 1.29 is 9.32 Å². The van der Waals surface area contributed by atoms with Gasteiger partial charge < -0.3 is 15.2 Å². The predicted octanol–water partition coefficient (Wildman–Crippen LogP) is 1.86. The summed E-state index contributed by atoms with van der Waals surface area (Å²) in [7, 11) is 0. The molecule has 1 saturated heterocycles. The standard InChI is InChI=1S/C16H20N4O2/c1-16(6-8-17-9-7-16)10-18-15(21)13-4-2-12(3-5-13)14-19-11-22-20-14/h2-5,11,17H,6-10H2,1H3,(H,18,21). The highest BCUT2D eigenvalue weighted by Crippen LogP contribution is 2.26. The molecule has 1 aromatic carbocycles. The maximum atomic E-state index is 12.3. The van der Waals surface area contributed by atoms with E-state index < -0.39 is 0 Å². The van der Waals surface area contributed by atoms with E-state index >= 15 is 0 Å². The van der Waals surface area contributed by atoms with Crippen molar-refractivity contribution in [3.05, 3.63) is 36.2 Å². The fourth-order valence-electron chi connectivity index (χ4n) is 2.67. The van der Waals surface area contributed by atoms with Crippen molar-refractivity contribution in [3.8, 4) is 11.4 Å². The Labute approximate surface area is 129 Å². The smallest absolute Gasteiger partial charge is 0.251 e. The molecule has 0 unspecified atom stereocenters. The summed E-state index contributed by atoms with van der Waals surface area (Å²) in [4.78, 5) is 16.2. The summed E-state index contributed by atoms with van der Waals surface area (Å²) in [5.41, 5.74) is 1.66. The third kappa shape index (κ3) is 3.33. The summed E-state index contributed by atoms with van der Waals surface area (Å²) in [6.45, 7) is 4.98. The quantitative estimate of drug-likeness (QED) is 0.901. The lowest BCUT2D eigenvalue weighted by molar-refractivity contribution is 0.0922. The molecule has 2 aromatic rings. The van der Waals surface area contributed by atoms with Crippen molar-refractivity contribution in [2.24, 2.45) is 5.41 Å². The van der Waals surface area contributed by atoms with Crippen molar-refractivity contribution in [3.63, 3.8) is 0 Å². The van der Waals surface area contributed by atoms with Crippen molar-refractivity contribution in [2.45, 2.75) is 19.8 Å². The minimum atomic E-state index is -0.0422. The molecule has 0 saturated carbocycles. The van der Waals surface area contributed by atoms with Crippen LogP contribution in [0.25, 0.3) is 11.4 Å². The van der Waals surface area contributed by atoms with Crippen LogP contribution in [0.15, 0.2) is 35.2 Å². The Hall–Kier alpha value is -2.21. The number of nitrogens with one attached hydrogen (secondary N) is 2. The Bertz CT molecular complexity index is 616. The fourth-order valence-corrected chi connectivity index (χ4v) is 2.67. The van der Waals surface area contributed by atoms with Crippen molar-refractivity contribution in [1.29, 1.82) is 0 Å². The molecule has 6 nitrogen and oxygen atoms in total. The van der Waals surface area contributed by atoms with Gasteiger partial charge in [0.05, 0.1) is 0 Å². The molecule has 0 aliphatic carbocycles.